The monoisotopic (exact) mass is 516 g/mol. The van der Waals surface area contributed by atoms with Crippen molar-refractivity contribution in [3.63, 3.8) is 0 Å². The molecular weight excluding hydrogens is 468 g/mol. The molecule has 0 aromatic heterocycles. The molecule has 1 atom stereocenters. The van der Waals surface area contributed by atoms with Crippen LogP contribution in [0.5, 0.6) is 0 Å². The molecule has 0 aliphatic carbocycles. The van der Waals surface area contributed by atoms with Gasteiger partial charge >= 0.3 is 6.03 Å². The van der Waals surface area contributed by atoms with Crippen molar-refractivity contribution in [3.8, 4) is 0 Å². The zero-order chi connectivity index (χ0) is 27.6. The van der Waals surface area contributed by atoms with Gasteiger partial charge in [0.15, 0.2) is 6.23 Å². The minimum atomic E-state index is -0.769. The lowest BCUT2D eigenvalue weighted by Crippen LogP contribution is -2.72. The van der Waals surface area contributed by atoms with Gasteiger partial charge in [0.05, 0.1) is 5.41 Å². The maximum Gasteiger partial charge on any atom is 0.326 e. The first-order valence-electron chi connectivity index (χ1n) is 13.9. The predicted octanol–water partition coefficient (Wildman–Crippen LogP) is 4.25. The summed E-state index contributed by atoms with van der Waals surface area (Å²) in [6.07, 6.45) is 3.05. The lowest BCUT2D eigenvalue weighted by atomic mass is 9.72. The van der Waals surface area contributed by atoms with Crippen molar-refractivity contribution >= 4 is 17.8 Å². The summed E-state index contributed by atoms with van der Waals surface area (Å²) >= 11 is 0. The first-order valence-corrected chi connectivity index (χ1v) is 13.9. The Balaban J connectivity index is 1.83. The summed E-state index contributed by atoms with van der Waals surface area (Å²) < 4.78 is 5.91. The van der Waals surface area contributed by atoms with Crippen LogP contribution in [-0.2, 0) is 20.7 Å². The third-order valence-corrected chi connectivity index (χ3v) is 7.51. The highest BCUT2D eigenvalue weighted by Crippen LogP contribution is 2.45. The van der Waals surface area contributed by atoms with Crippen LogP contribution in [-0.4, -0.2) is 72.2 Å². The van der Waals surface area contributed by atoms with E-state index in [1.807, 2.05) is 13.8 Å². The quantitative estimate of drug-likeness (QED) is 0.269. The van der Waals surface area contributed by atoms with E-state index in [9.17, 15) is 14.4 Å². The van der Waals surface area contributed by atoms with Crippen LogP contribution in [0.25, 0.3) is 0 Å². The smallest absolute Gasteiger partial charge is 0.326 e. The highest BCUT2D eigenvalue weighted by Gasteiger charge is 2.61. The van der Waals surface area contributed by atoms with Crippen molar-refractivity contribution in [2.45, 2.75) is 98.9 Å². The van der Waals surface area contributed by atoms with E-state index in [2.05, 4.69) is 74.4 Å². The van der Waals surface area contributed by atoms with Crippen molar-refractivity contribution in [2.24, 2.45) is 5.41 Å². The number of unbranched alkanes of at least 4 members (excludes halogenated alkanes) is 1. The third-order valence-electron chi connectivity index (χ3n) is 7.51. The minimum absolute atomic E-state index is 0.191. The van der Waals surface area contributed by atoms with Gasteiger partial charge in [0, 0.05) is 31.7 Å². The number of imide groups is 1. The van der Waals surface area contributed by atoms with Gasteiger partial charge in [0.1, 0.15) is 6.61 Å². The number of aryl methyl sites for hydroxylation is 2. The van der Waals surface area contributed by atoms with Crippen molar-refractivity contribution in [3.05, 3.63) is 35.4 Å². The second-order valence-corrected chi connectivity index (χ2v) is 10.7. The van der Waals surface area contributed by atoms with Crippen molar-refractivity contribution < 1.29 is 19.1 Å². The molecule has 4 amide bonds. The largest absolute Gasteiger partial charge is 0.353 e. The summed E-state index contributed by atoms with van der Waals surface area (Å²) in [7, 11) is 0. The van der Waals surface area contributed by atoms with Gasteiger partial charge in [-0.3, -0.25) is 14.5 Å². The zero-order valence-corrected chi connectivity index (χ0v) is 23.9. The lowest BCUT2D eigenvalue weighted by Gasteiger charge is -2.53. The normalized spacial score (nSPS) is 16.9. The lowest BCUT2D eigenvalue weighted by molar-refractivity contribution is -0.210. The number of benzene rings is 1. The Morgan fingerprint density at radius 1 is 1.00 bits per heavy atom. The average molecular weight is 517 g/mol. The number of urea groups is 1. The topological polar surface area (TPSA) is 91.0 Å². The molecular formula is C29H48N4O4. The molecule has 0 saturated carbocycles. The van der Waals surface area contributed by atoms with Gasteiger partial charge in [-0.1, -0.05) is 43.7 Å². The molecule has 1 aliphatic heterocycles. The van der Waals surface area contributed by atoms with E-state index < -0.39 is 17.7 Å². The molecule has 1 heterocycles. The summed E-state index contributed by atoms with van der Waals surface area (Å²) in [5, 5.41) is 5.76. The third kappa shape index (κ3) is 8.01. The van der Waals surface area contributed by atoms with Gasteiger partial charge in [0.25, 0.3) is 0 Å². The predicted molar refractivity (Wildman–Crippen MR) is 147 cm³/mol. The zero-order valence-electron chi connectivity index (χ0n) is 23.9. The maximum atomic E-state index is 13.0. The minimum Gasteiger partial charge on any atom is -0.353 e. The molecule has 1 aliphatic rings. The Bertz CT molecular complexity index is 872. The van der Waals surface area contributed by atoms with Crippen LogP contribution >= 0.6 is 0 Å². The van der Waals surface area contributed by atoms with Gasteiger partial charge in [-0.25, -0.2) is 9.69 Å². The Kier molecular flexibility index (Phi) is 12.0. The highest BCUT2D eigenvalue weighted by molar-refractivity contribution is 6.03. The molecule has 1 saturated heterocycles. The van der Waals surface area contributed by atoms with Crippen molar-refractivity contribution in [1.29, 1.82) is 0 Å². The first-order chi connectivity index (χ1) is 17.6. The summed E-state index contributed by atoms with van der Waals surface area (Å²) in [6, 6.07) is 8.79. The summed E-state index contributed by atoms with van der Waals surface area (Å²) in [5.74, 6) is -0.478. The Morgan fingerprint density at radius 3 is 2.19 bits per heavy atom. The summed E-state index contributed by atoms with van der Waals surface area (Å²) in [5.41, 5.74) is 1.75. The van der Waals surface area contributed by atoms with Gasteiger partial charge < -0.3 is 15.4 Å². The van der Waals surface area contributed by atoms with Crippen LogP contribution in [0.2, 0.25) is 0 Å². The van der Waals surface area contributed by atoms with Crippen LogP contribution in [0.3, 0.4) is 0 Å². The molecule has 8 nitrogen and oxygen atoms in total. The van der Waals surface area contributed by atoms with Crippen molar-refractivity contribution in [1.82, 2.24) is 20.4 Å². The maximum absolute atomic E-state index is 13.0. The van der Waals surface area contributed by atoms with E-state index in [0.29, 0.717) is 38.0 Å². The summed E-state index contributed by atoms with van der Waals surface area (Å²) in [6.45, 7) is 16.0. The molecule has 8 heteroatoms. The second kappa shape index (κ2) is 14.5. The van der Waals surface area contributed by atoms with Crippen LogP contribution in [0.15, 0.2) is 24.3 Å². The first kappa shape index (κ1) is 30.8. The number of rotatable bonds is 15. The van der Waals surface area contributed by atoms with E-state index in [-0.39, 0.29) is 18.4 Å². The number of nitrogens with zero attached hydrogens (tertiary/aromatic N) is 2. The van der Waals surface area contributed by atoms with Crippen LogP contribution < -0.4 is 10.6 Å². The van der Waals surface area contributed by atoms with Gasteiger partial charge in [-0.15, -0.1) is 0 Å². The number of nitrogens with one attached hydrogen (secondary N) is 2. The molecule has 1 unspecified atom stereocenters. The number of amides is 4. The van der Waals surface area contributed by atoms with E-state index in [1.165, 1.54) is 11.1 Å². The number of β-lactam (4-membered cyclic amide) rings is 1. The fourth-order valence-electron chi connectivity index (χ4n) is 5.10. The molecule has 2 N–H and O–H groups in total. The number of hydrogen-bond acceptors (Lipinski definition) is 5. The number of hydrogen-bond donors (Lipinski definition) is 2. The summed E-state index contributed by atoms with van der Waals surface area (Å²) in [4.78, 5) is 41.8. The molecule has 2 rings (SSSR count). The Labute approximate surface area is 223 Å². The molecule has 1 aromatic rings. The molecule has 0 bridgehead atoms. The number of carbonyl (C=O) groups is 3. The SMILES string of the molecule is CCC1(CC)C(=O)N(C(=O)NCCCCc2ccc(C)cc2)C1OCC(=O)NCCN(C(C)C)C(C)C. The molecule has 0 spiro atoms. The number of likely N-dealkylation sites (tertiary alicyclic amines) is 1. The molecule has 37 heavy (non-hydrogen) atoms. The van der Waals surface area contributed by atoms with Gasteiger partial charge in [0.2, 0.25) is 11.8 Å². The Morgan fingerprint density at radius 2 is 1.62 bits per heavy atom. The second-order valence-electron chi connectivity index (χ2n) is 10.7. The van der Waals surface area contributed by atoms with E-state index in [0.717, 1.165) is 30.7 Å². The molecule has 1 fully saturated rings. The standard InChI is InChI=1S/C29H48N4O4/c1-8-29(9-2)26(35)33(28(36)31-17-11-10-12-24-15-13-23(7)14-16-24)27(29)37-20-25(34)30-18-19-32(21(3)4)22(5)6/h13-16,21-22,27H,8-12,17-20H2,1-7H3,(H,30,34)(H,31,36). The Hall–Kier alpha value is -2.45. The van der Waals surface area contributed by atoms with E-state index in [1.54, 1.807) is 0 Å². The highest BCUT2D eigenvalue weighted by atomic mass is 16.5. The molecule has 208 valence electrons. The van der Waals surface area contributed by atoms with Crippen LogP contribution in [0.4, 0.5) is 4.79 Å². The number of ether oxygens (including phenoxy) is 1. The fourth-order valence-corrected chi connectivity index (χ4v) is 5.10. The van der Waals surface area contributed by atoms with Gasteiger partial charge in [-0.05, 0) is 72.3 Å². The molecule has 0 radical (unpaired) electrons. The van der Waals surface area contributed by atoms with E-state index >= 15 is 0 Å². The fraction of sp³-hybridized carbons (Fsp3) is 0.690. The van der Waals surface area contributed by atoms with Crippen LogP contribution in [0.1, 0.15) is 78.4 Å². The van der Waals surface area contributed by atoms with Crippen LogP contribution in [0, 0.1) is 12.3 Å². The molecule has 1 aromatic carbocycles. The van der Waals surface area contributed by atoms with E-state index in [4.69, 9.17) is 4.74 Å². The van der Waals surface area contributed by atoms with Crippen molar-refractivity contribution in [2.75, 3.05) is 26.2 Å². The number of carbonyl (C=O) groups excluding carboxylic acids is 3. The van der Waals surface area contributed by atoms with Gasteiger partial charge in [-0.2, -0.15) is 0 Å². The average Bonchev–Trinajstić information content (AvgIpc) is 2.85.